The Hall–Kier alpha value is -4.15. The van der Waals surface area contributed by atoms with Gasteiger partial charge in [0.2, 0.25) is 0 Å². The molecule has 0 bridgehead atoms. The zero-order chi connectivity index (χ0) is 23.8. The van der Waals surface area contributed by atoms with Gasteiger partial charge in [-0.05, 0) is 30.9 Å². The van der Waals surface area contributed by atoms with E-state index in [0.717, 1.165) is 19.0 Å². The summed E-state index contributed by atoms with van der Waals surface area (Å²) >= 11 is 0. The third-order valence-electron chi connectivity index (χ3n) is 5.79. The molecule has 1 N–H and O–H groups in total. The molecule has 1 saturated carbocycles. The van der Waals surface area contributed by atoms with Crippen LogP contribution in [0.1, 0.15) is 18.4 Å². The van der Waals surface area contributed by atoms with Crippen LogP contribution in [0.4, 0.5) is 14.6 Å². The largest absolute Gasteiger partial charge is 0.480 e. The molecule has 0 aliphatic heterocycles. The molecule has 0 amide bonds. The summed E-state index contributed by atoms with van der Waals surface area (Å²) in [5, 5.41) is 18.1. The van der Waals surface area contributed by atoms with E-state index < -0.39 is 17.8 Å². The lowest BCUT2D eigenvalue weighted by atomic mass is 10.1. The second-order valence-corrected chi connectivity index (χ2v) is 8.15. The predicted octanol–water partition coefficient (Wildman–Crippen LogP) is 3.62. The van der Waals surface area contributed by atoms with Crippen LogP contribution >= 0.6 is 0 Å². The molecule has 1 aliphatic rings. The van der Waals surface area contributed by atoms with E-state index >= 15 is 0 Å². The van der Waals surface area contributed by atoms with E-state index in [2.05, 4.69) is 20.2 Å². The van der Waals surface area contributed by atoms with Crippen LogP contribution in [-0.2, 0) is 11.3 Å². The van der Waals surface area contributed by atoms with E-state index in [-0.39, 0.29) is 29.9 Å². The molecule has 1 aromatic carbocycles. The van der Waals surface area contributed by atoms with Crippen molar-refractivity contribution in [2.75, 3.05) is 11.9 Å². The van der Waals surface area contributed by atoms with Crippen LogP contribution in [0.25, 0.3) is 22.9 Å². The zero-order valence-electron chi connectivity index (χ0n) is 18.1. The molecule has 3 heterocycles. The van der Waals surface area contributed by atoms with Crippen LogP contribution in [0.3, 0.4) is 0 Å². The van der Waals surface area contributed by atoms with Gasteiger partial charge in [0.15, 0.2) is 17.5 Å². The fraction of sp³-hybridized carbons (Fsp3) is 0.261. The molecule has 1 atom stereocenters. The molecule has 174 valence electrons. The van der Waals surface area contributed by atoms with Crippen LogP contribution in [0.15, 0.2) is 53.4 Å². The van der Waals surface area contributed by atoms with Gasteiger partial charge in [-0.15, -0.1) is 0 Å². The number of hydrogen-bond acceptors (Lipinski definition) is 7. The number of benzene rings is 1. The van der Waals surface area contributed by atoms with Gasteiger partial charge in [0.1, 0.15) is 29.5 Å². The summed E-state index contributed by atoms with van der Waals surface area (Å²) in [7, 11) is 1.50. The minimum Gasteiger partial charge on any atom is -0.480 e. The van der Waals surface area contributed by atoms with Gasteiger partial charge >= 0.3 is 5.97 Å². The van der Waals surface area contributed by atoms with E-state index in [4.69, 9.17) is 4.52 Å². The summed E-state index contributed by atoms with van der Waals surface area (Å²) in [6, 6.07) is 8.72. The number of carbonyl (C=O) groups is 1. The Labute approximate surface area is 192 Å². The normalized spacial score (nSPS) is 14.2. The van der Waals surface area contributed by atoms with E-state index in [1.807, 2.05) is 0 Å². The first-order chi connectivity index (χ1) is 16.4. The van der Waals surface area contributed by atoms with Crippen molar-refractivity contribution in [2.45, 2.75) is 25.4 Å². The number of aromatic nitrogens is 5. The first-order valence-electron chi connectivity index (χ1n) is 10.6. The smallest absolute Gasteiger partial charge is 0.326 e. The fourth-order valence-electron chi connectivity index (χ4n) is 3.94. The summed E-state index contributed by atoms with van der Waals surface area (Å²) in [6.07, 6.45) is 3.93. The molecule has 0 radical (unpaired) electrons. The summed E-state index contributed by atoms with van der Waals surface area (Å²) in [4.78, 5) is 21.5. The fourth-order valence-corrected chi connectivity index (χ4v) is 3.94. The number of carboxylic acids is 1. The Morgan fingerprint density at radius 3 is 2.71 bits per heavy atom. The van der Waals surface area contributed by atoms with Crippen molar-refractivity contribution in [2.24, 2.45) is 5.92 Å². The molecular formula is C23H20F2N6O3. The van der Waals surface area contributed by atoms with E-state index in [1.165, 1.54) is 29.0 Å². The number of hydrogen-bond donors (Lipinski definition) is 1. The Kier molecular flexibility index (Phi) is 5.52. The molecule has 0 unspecified atom stereocenters. The van der Waals surface area contributed by atoms with E-state index in [9.17, 15) is 18.7 Å². The van der Waals surface area contributed by atoms with Gasteiger partial charge in [0.25, 0.3) is 0 Å². The molecule has 9 nitrogen and oxygen atoms in total. The van der Waals surface area contributed by atoms with Gasteiger partial charge in [-0.2, -0.15) is 5.10 Å². The number of nitrogens with zero attached hydrogens (tertiary/aromatic N) is 6. The first kappa shape index (κ1) is 21.7. The second-order valence-electron chi connectivity index (χ2n) is 8.15. The number of likely N-dealkylation sites (N-methyl/N-ethyl adjacent to an activating group) is 1. The lowest BCUT2D eigenvalue weighted by Crippen LogP contribution is -2.41. The van der Waals surface area contributed by atoms with Crippen LogP contribution in [0.2, 0.25) is 0 Å². The first-order valence-corrected chi connectivity index (χ1v) is 10.6. The van der Waals surface area contributed by atoms with Gasteiger partial charge in [-0.3, -0.25) is 4.68 Å². The molecule has 34 heavy (non-hydrogen) atoms. The summed E-state index contributed by atoms with van der Waals surface area (Å²) < 4.78 is 35.4. The van der Waals surface area contributed by atoms with Gasteiger partial charge in [0, 0.05) is 18.7 Å². The van der Waals surface area contributed by atoms with Gasteiger partial charge in [-0.25, -0.2) is 23.5 Å². The maximum absolute atomic E-state index is 14.6. The third-order valence-corrected chi connectivity index (χ3v) is 5.79. The van der Waals surface area contributed by atoms with E-state index in [0.29, 0.717) is 22.6 Å². The standard InChI is InChI=1S/C23H20F2N6O3/c1-30(20(23(32)33)13-6-7-13)22-16(25)11-26-21(27-22)18-10-19(17-8-9-34-29-17)31(28-18)12-14-4-2-3-5-15(14)24/h2-5,8-11,13,20H,6-7,12H2,1H3,(H,32,33)/t20-/m0/s1. The number of anilines is 1. The van der Waals surface area contributed by atoms with Crippen LogP contribution < -0.4 is 4.90 Å². The van der Waals surface area contributed by atoms with Crippen LogP contribution in [-0.4, -0.2) is 49.1 Å². The number of rotatable bonds is 8. The molecular weight excluding hydrogens is 446 g/mol. The quantitative estimate of drug-likeness (QED) is 0.419. The third kappa shape index (κ3) is 4.12. The van der Waals surface area contributed by atoms with Crippen molar-refractivity contribution >= 4 is 11.8 Å². The lowest BCUT2D eigenvalue weighted by molar-refractivity contribution is -0.139. The Morgan fingerprint density at radius 1 is 1.24 bits per heavy atom. The summed E-state index contributed by atoms with van der Waals surface area (Å²) in [6.45, 7) is 0.103. The molecule has 0 spiro atoms. The molecule has 4 aromatic rings. The average Bonchev–Trinajstić information content (AvgIpc) is 3.31. The minimum absolute atomic E-state index is 0.0564. The molecule has 1 aliphatic carbocycles. The Balaban J connectivity index is 1.54. The second kappa shape index (κ2) is 8.65. The number of aliphatic carboxylic acids is 1. The highest BCUT2D eigenvalue weighted by atomic mass is 19.1. The van der Waals surface area contributed by atoms with E-state index in [1.54, 1.807) is 30.3 Å². The van der Waals surface area contributed by atoms with Crippen molar-refractivity contribution in [3.63, 3.8) is 0 Å². The molecule has 1 fully saturated rings. The maximum atomic E-state index is 14.6. The zero-order valence-corrected chi connectivity index (χ0v) is 18.1. The minimum atomic E-state index is -1.04. The highest BCUT2D eigenvalue weighted by Crippen LogP contribution is 2.37. The highest BCUT2D eigenvalue weighted by molar-refractivity contribution is 5.78. The SMILES string of the molecule is CN(c1nc(-c2cc(-c3ccon3)n(Cc3ccccc3F)n2)ncc1F)[C@H](C(=O)O)C1CC1. The van der Waals surface area contributed by atoms with Gasteiger partial charge in [0.05, 0.1) is 18.4 Å². The van der Waals surface area contributed by atoms with Gasteiger partial charge in [-0.1, -0.05) is 23.4 Å². The van der Waals surface area contributed by atoms with Crippen molar-refractivity contribution in [3.8, 4) is 22.9 Å². The molecule has 0 saturated heterocycles. The maximum Gasteiger partial charge on any atom is 0.326 e. The van der Waals surface area contributed by atoms with Crippen LogP contribution in [0, 0.1) is 17.6 Å². The molecule has 5 rings (SSSR count). The summed E-state index contributed by atoms with van der Waals surface area (Å²) in [5.41, 5.74) is 1.70. The topological polar surface area (TPSA) is 110 Å². The van der Waals surface area contributed by atoms with Gasteiger partial charge < -0.3 is 14.5 Å². The average molecular weight is 466 g/mol. The van der Waals surface area contributed by atoms with Crippen molar-refractivity contribution in [1.29, 1.82) is 0 Å². The number of carboxylic acid groups (broad SMARTS) is 1. The van der Waals surface area contributed by atoms with Crippen molar-refractivity contribution in [1.82, 2.24) is 24.9 Å². The Morgan fingerprint density at radius 2 is 2.03 bits per heavy atom. The molecule has 11 heteroatoms. The Bertz CT molecular complexity index is 1340. The number of halogens is 2. The highest BCUT2D eigenvalue weighted by Gasteiger charge is 2.40. The predicted molar refractivity (Wildman–Crippen MR) is 117 cm³/mol. The molecule has 3 aromatic heterocycles. The lowest BCUT2D eigenvalue weighted by Gasteiger charge is -2.26. The van der Waals surface area contributed by atoms with Crippen LogP contribution in [0.5, 0.6) is 0 Å². The van der Waals surface area contributed by atoms with Crippen molar-refractivity contribution in [3.05, 3.63) is 66.1 Å². The van der Waals surface area contributed by atoms with Crippen molar-refractivity contribution < 1.29 is 23.2 Å². The summed E-state index contributed by atoms with van der Waals surface area (Å²) in [5.74, 6) is -2.24. The monoisotopic (exact) mass is 466 g/mol.